The SMILES string of the molecule is CCCCC[C@@H](O)[N+]1=C(C)C(C)(C)c2ccccc21. The zero-order valence-electron chi connectivity index (χ0n) is 12.6. The molecular formula is C17H26NO+. The van der Waals surface area contributed by atoms with Crippen LogP contribution in [-0.2, 0) is 5.41 Å². The van der Waals surface area contributed by atoms with Gasteiger partial charge in [-0.15, -0.1) is 0 Å². The van der Waals surface area contributed by atoms with Crippen molar-refractivity contribution in [1.29, 1.82) is 0 Å². The van der Waals surface area contributed by atoms with Gasteiger partial charge in [-0.2, -0.15) is 4.58 Å². The largest absolute Gasteiger partial charge is 0.337 e. The van der Waals surface area contributed by atoms with E-state index < -0.39 is 6.23 Å². The minimum absolute atomic E-state index is 0.0162. The van der Waals surface area contributed by atoms with Crippen LogP contribution in [-0.4, -0.2) is 21.6 Å². The van der Waals surface area contributed by atoms with E-state index in [9.17, 15) is 5.11 Å². The highest BCUT2D eigenvalue weighted by atomic mass is 16.3. The van der Waals surface area contributed by atoms with E-state index in [4.69, 9.17) is 0 Å². The van der Waals surface area contributed by atoms with Crippen LogP contribution in [0.25, 0.3) is 0 Å². The number of unbranched alkanes of at least 4 members (excludes halogenated alkanes) is 2. The van der Waals surface area contributed by atoms with Crippen LogP contribution in [0.15, 0.2) is 24.3 Å². The van der Waals surface area contributed by atoms with E-state index >= 15 is 0 Å². The number of hydrogen-bond donors (Lipinski definition) is 1. The molecule has 1 heterocycles. The number of fused-ring (bicyclic) bond motifs is 1. The predicted molar refractivity (Wildman–Crippen MR) is 80.2 cm³/mol. The van der Waals surface area contributed by atoms with Crippen molar-refractivity contribution in [2.75, 3.05) is 0 Å². The Kier molecular flexibility index (Phi) is 4.10. The van der Waals surface area contributed by atoms with Crippen LogP contribution >= 0.6 is 0 Å². The Hall–Kier alpha value is -1.15. The molecule has 1 aliphatic heterocycles. The van der Waals surface area contributed by atoms with Crippen molar-refractivity contribution < 1.29 is 9.68 Å². The van der Waals surface area contributed by atoms with E-state index in [1.807, 2.05) is 0 Å². The summed E-state index contributed by atoms with van der Waals surface area (Å²) in [6, 6.07) is 8.44. The Labute approximate surface area is 116 Å². The van der Waals surface area contributed by atoms with Crippen LogP contribution in [0.3, 0.4) is 0 Å². The number of rotatable bonds is 5. The first-order valence-electron chi connectivity index (χ1n) is 7.41. The molecule has 2 heteroatoms. The Balaban J connectivity index is 2.31. The number of benzene rings is 1. The molecule has 0 saturated carbocycles. The standard InChI is InChI=1S/C17H26NO/c1-5-6-7-12-16(19)18-13(2)17(3,4)14-10-8-9-11-15(14)18/h8-11,16,19H,5-7,12H2,1-4H3/q+1/t16-/m1/s1. The predicted octanol–water partition coefficient (Wildman–Crippen LogP) is 3.98. The molecule has 2 nitrogen and oxygen atoms in total. The van der Waals surface area contributed by atoms with Crippen molar-refractivity contribution in [3.05, 3.63) is 29.8 Å². The molecule has 2 rings (SSSR count). The molecule has 104 valence electrons. The highest BCUT2D eigenvalue weighted by Crippen LogP contribution is 2.40. The molecule has 1 N–H and O–H groups in total. The highest BCUT2D eigenvalue weighted by molar-refractivity contribution is 5.93. The molecule has 0 unspecified atom stereocenters. The molecule has 19 heavy (non-hydrogen) atoms. The Morgan fingerprint density at radius 1 is 1.21 bits per heavy atom. The lowest BCUT2D eigenvalue weighted by molar-refractivity contribution is -0.537. The second-order valence-corrected chi connectivity index (χ2v) is 6.07. The van der Waals surface area contributed by atoms with Gasteiger partial charge < -0.3 is 5.11 Å². The molecular weight excluding hydrogens is 234 g/mol. The second-order valence-electron chi connectivity index (χ2n) is 6.07. The highest BCUT2D eigenvalue weighted by Gasteiger charge is 2.44. The third-order valence-corrected chi connectivity index (χ3v) is 4.47. The number of nitrogens with zero attached hydrogens (tertiary/aromatic N) is 1. The number of para-hydroxylation sites is 1. The Morgan fingerprint density at radius 3 is 2.58 bits per heavy atom. The van der Waals surface area contributed by atoms with Crippen LogP contribution < -0.4 is 0 Å². The zero-order valence-corrected chi connectivity index (χ0v) is 12.6. The van der Waals surface area contributed by atoms with E-state index in [0.29, 0.717) is 0 Å². The number of aliphatic hydroxyl groups is 1. The molecule has 0 spiro atoms. The van der Waals surface area contributed by atoms with Gasteiger partial charge in [0.15, 0.2) is 5.71 Å². The molecule has 0 saturated heterocycles. The molecule has 1 atom stereocenters. The van der Waals surface area contributed by atoms with Crippen molar-refractivity contribution in [1.82, 2.24) is 0 Å². The maximum absolute atomic E-state index is 10.5. The van der Waals surface area contributed by atoms with E-state index in [1.54, 1.807) is 0 Å². The van der Waals surface area contributed by atoms with E-state index in [0.717, 1.165) is 12.8 Å². The molecule has 1 aliphatic rings. The van der Waals surface area contributed by atoms with Crippen LogP contribution in [0.4, 0.5) is 5.69 Å². The summed E-state index contributed by atoms with van der Waals surface area (Å²) in [6.07, 6.45) is 3.92. The van der Waals surface area contributed by atoms with Gasteiger partial charge in [0, 0.05) is 25.0 Å². The Morgan fingerprint density at radius 2 is 1.89 bits per heavy atom. The van der Waals surface area contributed by atoms with Crippen LogP contribution in [0.1, 0.15) is 58.9 Å². The van der Waals surface area contributed by atoms with Gasteiger partial charge in [-0.25, -0.2) is 0 Å². The summed E-state index contributed by atoms with van der Waals surface area (Å²) in [5.74, 6) is 0. The van der Waals surface area contributed by atoms with Crippen molar-refractivity contribution in [3.8, 4) is 0 Å². The monoisotopic (exact) mass is 260 g/mol. The van der Waals surface area contributed by atoms with Gasteiger partial charge in [0.25, 0.3) is 6.23 Å². The smallest absolute Gasteiger partial charge is 0.260 e. The van der Waals surface area contributed by atoms with Crippen molar-refractivity contribution in [2.24, 2.45) is 0 Å². The molecule has 0 fully saturated rings. The fourth-order valence-electron chi connectivity index (χ4n) is 2.98. The minimum atomic E-state index is -0.394. The van der Waals surface area contributed by atoms with Crippen LogP contribution in [0.5, 0.6) is 0 Å². The summed E-state index contributed by atoms with van der Waals surface area (Å²) < 4.78 is 2.13. The summed E-state index contributed by atoms with van der Waals surface area (Å²) in [5.41, 5.74) is 3.76. The fourth-order valence-corrected chi connectivity index (χ4v) is 2.98. The maximum atomic E-state index is 10.5. The molecule has 1 aromatic carbocycles. The zero-order chi connectivity index (χ0) is 14.0. The topological polar surface area (TPSA) is 23.2 Å². The van der Waals surface area contributed by atoms with E-state index in [1.165, 1.54) is 29.8 Å². The first-order valence-corrected chi connectivity index (χ1v) is 7.41. The van der Waals surface area contributed by atoms with Gasteiger partial charge in [0.05, 0.1) is 5.41 Å². The quantitative estimate of drug-likeness (QED) is 0.628. The Bertz CT molecular complexity index is 488. The molecule has 0 aliphatic carbocycles. The second kappa shape index (κ2) is 5.46. The summed E-state index contributed by atoms with van der Waals surface area (Å²) in [7, 11) is 0. The maximum Gasteiger partial charge on any atom is 0.260 e. The van der Waals surface area contributed by atoms with Gasteiger partial charge in [-0.05, 0) is 20.3 Å². The third kappa shape index (κ3) is 2.46. The van der Waals surface area contributed by atoms with Crippen LogP contribution in [0.2, 0.25) is 0 Å². The lowest BCUT2D eigenvalue weighted by atomic mass is 9.82. The van der Waals surface area contributed by atoms with Gasteiger partial charge in [-0.3, -0.25) is 0 Å². The number of aliphatic hydroxyl groups excluding tert-OH is 1. The lowest BCUT2D eigenvalue weighted by Crippen LogP contribution is -2.31. The van der Waals surface area contributed by atoms with Gasteiger partial charge in [0.2, 0.25) is 5.69 Å². The molecule has 0 radical (unpaired) electrons. The molecule has 0 aromatic heterocycles. The number of hydrogen-bond acceptors (Lipinski definition) is 1. The first-order chi connectivity index (χ1) is 9.00. The summed E-state index contributed by atoms with van der Waals surface area (Å²) in [6.45, 7) is 8.81. The molecule has 0 amide bonds. The average molecular weight is 260 g/mol. The average Bonchev–Trinajstić information content (AvgIpc) is 2.59. The third-order valence-electron chi connectivity index (χ3n) is 4.47. The van der Waals surface area contributed by atoms with E-state index in [-0.39, 0.29) is 5.41 Å². The summed E-state index contributed by atoms with van der Waals surface area (Å²) in [5, 5.41) is 10.5. The lowest BCUT2D eigenvalue weighted by Gasteiger charge is -2.14. The van der Waals surface area contributed by atoms with E-state index in [2.05, 4.69) is 56.5 Å². The van der Waals surface area contributed by atoms with Gasteiger partial charge >= 0.3 is 0 Å². The summed E-state index contributed by atoms with van der Waals surface area (Å²) >= 11 is 0. The van der Waals surface area contributed by atoms with Gasteiger partial charge in [-0.1, -0.05) is 38.0 Å². The first kappa shape index (κ1) is 14.3. The fraction of sp³-hybridized carbons (Fsp3) is 0.588. The minimum Gasteiger partial charge on any atom is -0.337 e. The van der Waals surface area contributed by atoms with Crippen molar-refractivity contribution in [3.63, 3.8) is 0 Å². The summed E-state index contributed by atoms with van der Waals surface area (Å²) in [4.78, 5) is 0. The van der Waals surface area contributed by atoms with Crippen LogP contribution in [0, 0.1) is 0 Å². The van der Waals surface area contributed by atoms with Gasteiger partial charge in [0.1, 0.15) is 0 Å². The normalized spacial score (nSPS) is 18.6. The van der Waals surface area contributed by atoms with Crippen molar-refractivity contribution in [2.45, 2.75) is 65.0 Å². The molecule has 1 aromatic rings. The van der Waals surface area contributed by atoms with Crippen molar-refractivity contribution >= 4 is 11.4 Å². The molecule has 0 bridgehead atoms.